The molecule has 1 aromatic rings. The van der Waals surface area contributed by atoms with Crippen LogP contribution in [0, 0.1) is 0 Å². The molecule has 5 nitrogen and oxygen atoms in total. The Balaban J connectivity index is 1.76. The maximum Gasteiger partial charge on any atom is 0.257 e. The molecule has 1 saturated heterocycles. The normalized spacial score (nSPS) is 18.3. The molecule has 0 radical (unpaired) electrons. The zero-order valence-electron chi connectivity index (χ0n) is 11.0. The smallest absolute Gasteiger partial charge is 0.257 e. The summed E-state index contributed by atoms with van der Waals surface area (Å²) in [5, 5.41) is 3.47. The van der Waals surface area contributed by atoms with E-state index < -0.39 is 0 Å². The van der Waals surface area contributed by atoms with E-state index in [1.807, 2.05) is 6.07 Å². The Bertz CT molecular complexity index is 586. The van der Waals surface area contributed by atoms with Crippen molar-refractivity contribution in [2.75, 3.05) is 23.7 Å². The fourth-order valence-electron chi connectivity index (χ4n) is 2.32. The summed E-state index contributed by atoms with van der Waals surface area (Å²) in [5.41, 5.74) is 1.35. The van der Waals surface area contributed by atoms with E-state index in [1.165, 1.54) is 0 Å². The lowest BCUT2D eigenvalue weighted by Crippen LogP contribution is -2.28. The molecule has 2 aliphatic rings. The highest BCUT2D eigenvalue weighted by Gasteiger charge is 2.22. The van der Waals surface area contributed by atoms with Crippen LogP contribution < -0.4 is 10.2 Å². The van der Waals surface area contributed by atoms with Crippen molar-refractivity contribution in [1.29, 1.82) is 0 Å². The fourth-order valence-corrected chi connectivity index (χ4v) is 3.04. The minimum Gasteiger partial charge on any atom is -0.312 e. The van der Waals surface area contributed by atoms with E-state index in [-0.39, 0.29) is 11.8 Å². The minimum absolute atomic E-state index is 0.123. The maximum atomic E-state index is 12.1. The Morgan fingerprint density at radius 1 is 1.40 bits per heavy atom. The number of amides is 2. The number of hydrogen-bond donors (Lipinski definition) is 1. The molecule has 0 atom stereocenters. The molecular weight excluding hydrogens is 274 g/mol. The molecule has 0 aromatic heterocycles. The lowest BCUT2D eigenvalue weighted by molar-refractivity contribution is -0.117. The van der Waals surface area contributed by atoms with Crippen molar-refractivity contribution in [2.24, 2.45) is 4.99 Å². The maximum absolute atomic E-state index is 12.1. The zero-order chi connectivity index (χ0) is 13.9. The summed E-state index contributed by atoms with van der Waals surface area (Å²) in [6.07, 6.45) is 1.46. The van der Waals surface area contributed by atoms with Crippen LogP contribution in [0.1, 0.15) is 23.2 Å². The Hall–Kier alpha value is -1.82. The Morgan fingerprint density at radius 2 is 2.30 bits per heavy atom. The van der Waals surface area contributed by atoms with E-state index >= 15 is 0 Å². The van der Waals surface area contributed by atoms with Gasteiger partial charge in [0.25, 0.3) is 5.91 Å². The molecule has 0 unspecified atom stereocenters. The molecule has 104 valence electrons. The lowest BCUT2D eigenvalue weighted by atomic mass is 10.2. The quantitative estimate of drug-likeness (QED) is 0.900. The first-order valence-electron chi connectivity index (χ1n) is 6.63. The number of anilines is 1. The number of nitrogens with one attached hydrogen (secondary N) is 1. The first-order chi connectivity index (χ1) is 9.74. The molecule has 1 N–H and O–H groups in total. The molecule has 0 aliphatic carbocycles. The van der Waals surface area contributed by atoms with Gasteiger partial charge in [-0.2, -0.15) is 0 Å². The summed E-state index contributed by atoms with van der Waals surface area (Å²) in [6, 6.07) is 7.18. The lowest BCUT2D eigenvalue weighted by Gasteiger charge is -2.16. The highest BCUT2D eigenvalue weighted by molar-refractivity contribution is 8.14. The number of carbonyl (C=O) groups is 2. The number of nitrogens with zero attached hydrogens (tertiary/aromatic N) is 2. The van der Waals surface area contributed by atoms with Crippen molar-refractivity contribution in [3.05, 3.63) is 29.8 Å². The van der Waals surface area contributed by atoms with Crippen molar-refractivity contribution in [1.82, 2.24) is 5.32 Å². The Labute approximate surface area is 121 Å². The predicted molar refractivity (Wildman–Crippen MR) is 80.3 cm³/mol. The number of amidine groups is 1. The number of aliphatic imine (C=N–C) groups is 1. The van der Waals surface area contributed by atoms with E-state index in [0.717, 1.165) is 31.0 Å². The summed E-state index contributed by atoms with van der Waals surface area (Å²) in [7, 11) is 0. The van der Waals surface area contributed by atoms with Crippen LogP contribution in [0.3, 0.4) is 0 Å². The van der Waals surface area contributed by atoms with Gasteiger partial charge in [0.05, 0.1) is 6.54 Å². The standard InChI is InChI=1S/C14H15N3O2S/c18-12-5-2-7-17(12)11-4-1-3-10(9-11)13(19)16-14-15-6-8-20-14/h1,3-4,9H,2,5-8H2,(H,15,16,19). The van der Waals surface area contributed by atoms with Gasteiger partial charge in [-0.05, 0) is 24.6 Å². The van der Waals surface area contributed by atoms with Gasteiger partial charge in [-0.1, -0.05) is 17.8 Å². The molecular formula is C14H15N3O2S. The number of thioether (sulfide) groups is 1. The van der Waals surface area contributed by atoms with Crippen molar-refractivity contribution in [2.45, 2.75) is 12.8 Å². The van der Waals surface area contributed by atoms with Crippen LogP contribution in [0.4, 0.5) is 5.69 Å². The van der Waals surface area contributed by atoms with Gasteiger partial charge in [-0.25, -0.2) is 0 Å². The third-order valence-corrected chi connectivity index (χ3v) is 4.19. The van der Waals surface area contributed by atoms with Crippen LogP contribution in [0.2, 0.25) is 0 Å². The van der Waals surface area contributed by atoms with Crippen molar-refractivity contribution < 1.29 is 9.59 Å². The van der Waals surface area contributed by atoms with Crippen LogP contribution in [0.25, 0.3) is 0 Å². The average Bonchev–Trinajstić information content (AvgIpc) is 3.10. The van der Waals surface area contributed by atoms with Gasteiger partial charge in [-0.3, -0.25) is 14.6 Å². The first-order valence-corrected chi connectivity index (χ1v) is 7.61. The monoisotopic (exact) mass is 289 g/mol. The van der Waals surface area contributed by atoms with E-state index in [9.17, 15) is 9.59 Å². The third-order valence-electron chi connectivity index (χ3n) is 3.30. The average molecular weight is 289 g/mol. The summed E-state index contributed by atoms with van der Waals surface area (Å²) >= 11 is 1.55. The zero-order valence-corrected chi connectivity index (χ0v) is 11.8. The van der Waals surface area contributed by atoms with Gasteiger partial charge in [-0.15, -0.1) is 0 Å². The molecule has 6 heteroatoms. The van der Waals surface area contributed by atoms with Crippen LogP contribution in [0.15, 0.2) is 29.3 Å². The van der Waals surface area contributed by atoms with Crippen molar-refractivity contribution in [3.63, 3.8) is 0 Å². The number of benzene rings is 1. The number of carbonyl (C=O) groups excluding carboxylic acids is 2. The van der Waals surface area contributed by atoms with Gasteiger partial charge in [0.1, 0.15) is 0 Å². The molecule has 20 heavy (non-hydrogen) atoms. The molecule has 1 fully saturated rings. The summed E-state index contributed by atoms with van der Waals surface area (Å²) in [6.45, 7) is 1.48. The molecule has 0 bridgehead atoms. The van der Waals surface area contributed by atoms with Gasteiger partial charge in [0.2, 0.25) is 5.91 Å². The second kappa shape index (κ2) is 5.66. The third kappa shape index (κ3) is 2.70. The van der Waals surface area contributed by atoms with Gasteiger partial charge in [0, 0.05) is 30.0 Å². The van der Waals surface area contributed by atoms with Gasteiger partial charge < -0.3 is 10.2 Å². The summed E-state index contributed by atoms with van der Waals surface area (Å²) < 4.78 is 0. The first kappa shape index (κ1) is 13.2. The summed E-state index contributed by atoms with van der Waals surface area (Å²) in [5.74, 6) is 0.864. The molecule has 3 rings (SSSR count). The van der Waals surface area contributed by atoms with E-state index in [1.54, 1.807) is 34.9 Å². The van der Waals surface area contributed by atoms with Crippen LogP contribution >= 0.6 is 11.8 Å². The van der Waals surface area contributed by atoms with Crippen molar-refractivity contribution in [3.8, 4) is 0 Å². The van der Waals surface area contributed by atoms with E-state index in [2.05, 4.69) is 10.3 Å². The number of hydrogen-bond acceptors (Lipinski definition) is 4. The molecule has 0 saturated carbocycles. The molecule has 2 amide bonds. The molecule has 2 heterocycles. The van der Waals surface area contributed by atoms with Crippen LogP contribution in [0.5, 0.6) is 0 Å². The number of rotatable bonds is 2. The SMILES string of the molecule is O=C(NC1=NCCS1)c1cccc(N2CCCC2=O)c1. The fraction of sp³-hybridized carbons (Fsp3) is 0.357. The highest BCUT2D eigenvalue weighted by Crippen LogP contribution is 2.22. The molecule has 2 aliphatic heterocycles. The molecule has 1 aromatic carbocycles. The van der Waals surface area contributed by atoms with Gasteiger partial charge >= 0.3 is 0 Å². The minimum atomic E-state index is -0.174. The van der Waals surface area contributed by atoms with Crippen molar-refractivity contribution >= 4 is 34.4 Å². The Morgan fingerprint density at radius 3 is 3.00 bits per heavy atom. The predicted octanol–water partition coefficient (Wildman–Crippen LogP) is 1.65. The second-order valence-corrected chi connectivity index (χ2v) is 5.77. The molecule has 0 spiro atoms. The highest BCUT2D eigenvalue weighted by atomic mass is 32.2. The van der Waals surface area contributed by atoms with Crippen LogP contribution in [-0.2, 0) is 4.79 Å². The van der Waals surface area contributed by atoms with E-state index in [4.69, 9.17) is 0 Å². The van der Waals surface area contributed by atoms with Gasteiger partial charge in [0.15, 0.2) is 5.17 Å². The topological polar surface area (TPSA) is 61.8 Å². The summed E-state index contributed by atoms with van der Waals surface area (Å²) in [4.78, 5) is 29.8. The van der Waals surface area contributed by atoms with E-state index in [0.29, 0.717) is 17.2 Å². The van der Waals surface area contributed by atoms with Crippen LogP contribution in [-0.4, -0.2) is 35.8 Å². The largest absolute Gasteiger partial charge is 0.312 e. The second-order valence-electron chi connectivity index (χ2n) is 4.69. The Kier molecular flexibility index (Phi) is 3.73.